The first kappa shape index (κ1) is 16.2. The highest BCUT2D eigenvalue weighted by atomic mass is 32.1. The van der Waals surface area contributed by atoms with Gasteiger partial charge in [0.25, 0.3) is 5.91 Å². The number of carbonyl (C=O) groups is 1. The maximum absolute atomic E-state index is 12.5. The van der Waals surface area contributed by atoms with Crippen molar-refractivity contribution in [1.29, 1.82) is 0 Å². The fraction of sp³-hybridized carbons (Fsp3) is 0.421. The zero-order valence-electron chi connectivity index (χ0n) is 13.7. The average molecular weight is 329 g/mol. The molecule has 2 aromatic rings. The number of rotatable bonds is 5. The van der Waals surface area contributed by atoms with Crippen LogP contribution in [0.1, 0.15) is 44.6 Å². The molecule has 3 nitrogen and oxygen atoms in total. The highest BCUT2D eigenvalue weighted by Crippen LogP contribution is 2.32. The van der Waals surface area contributed by atoms with Gasteiger partial charge in [-0.05, 0) is 47.9 Å². The van der Waals surface area contributed by atoms with E-state index < -0.39 is 0 Å². The summed E-state index contributed by atoms with van der Waals surface area (Å²) in [4.78, 5) is 14.7. The van der Waals surface area contributed by atoms with Gasteiger partial charge in [-0.2, -0.15) is 0 Å². The average Bonchev–Trinajstić information content (AvgIpc) is 2.97. The topological polar surface area (TPSA) is 38.3 Å². The van der Waals surface area contributed by atoms with Crippen LogP contribution in [0.25, 0.3) is 0 Å². The molecular weight excluding hydrogens is 306 g/mol. The van der Waals surface area contributed by atoms with Crippen molar-refractivity contribution in [3.63, 3.8) is 0 Å². The van der Waals surface area contributed by atoms with E-state index in [1.165, 1.54) is 16.9 Å². The SMILES string of the molecule is COCc1ccccc1CNC(=O)c1cc2c(s1)CCC(C)C2. The van der Waals surface area contributed by atoms with E-state index in [2.05, 4.69) is 18.3 Å². The van der Waals surface area contributed by atoms with Crippen LogP contribution in [-0.2, 0) is 30.7 Å². The number of hydrogen-bond donors (Lipinski definition) is 1. The summed E-state index contributed by atoms with van der Waals surface area (Å²) >= 11 is 1.66. The molecule has 1 heterocycles. The minimum atomic E-state index is 0.0317. The van der Waals surface area contributed by atoms with Crippen molar-refractivity contribution in [3.05, 3.63) is 56.8 Å². The van der Waals surface area contributed by atoms with E-state index in [1.807, 2.05) is 24.3 Å². The molecule has 4 heteroatoms. The van der Waals surface area contributed by atoms with Crippen LogP contribution in [0.2, 0.25) is 0 Å². The Morgan fingerprint density at radius 3 is 2.91 bits per heavy atom. The normalized spacial score (nSPS) is 16.9. The van der Waals surface area contributed by atoms with Gasteiger partial charge in [0.15, 0.2) is 0 Å². The summed E-state index contributed by atoms with van der Waals surface area (Å²) < 4.78 is 5.21. The molecule has 1 aliphatic rings. The number of methoxy groups -OCH3 is 1. The van der Waals surface area contributed by atoms with Crippen molar-refractivity contribution in [3.8, 4) is 0 Å². The number of thiophene rings is 1. The lowest BCUT2D eigenvalue weighted by molar-refractivity contribution is 0.0954. The van der Waals surface area contributed by atoms with E-state index in [0.29, 0.717) is 13.2 Å². The summed E-state index contributed by atoms with van der Waals surface area (Å²) in [5, 5.41) is 3.05. The molecule has 1 aromatic carbocycles. The van der Waals surface area contributed by atoms with Crippen molar-refractivity contribution in [2.24, 2.45) is 5.92 Å². The van der Waals surface area contributed by atoms with Crippen molar-refractivity contribution < 1.29 is 9.53 Å². The third-order valence-electron chi connectivity index (χ3n) is 4.41. The van der Waals surface area contributed by atoms with Crippen LogP contribution in [0.3, 0.4) is 0 Å². The predicted octanol–water partition coefficient (Wildman–Crippen LogP) is 3.95. The zero-order valence-corrected chi connectivity index (χ0v) is 14.5. The molecule has 0 radical (unpaired) electrons. The zero-order chi connectivity index (χ0) is 16.2. The molecular formula is C19H23NO2S. The summed E-state index contributed by atoms with van der Waals surface area (Å²) in [7, 11) is 1.69. The standard InChI is InChI=1S/C19H23NO2S/c1-13-7-8-17-16(9-13)10-18(23-17)19(21)20-11-14-5-3-4-6-15(14)12-22-2/h3-6,10,13H,7-9,11-12H2,1-2H3,(H,20,21). The van der Waals surface area contributed by atoms with Crippen LogP contribution in [0.15, 0.2) is 30.3 Å². The summed E-state index contributed by atoms with van der Waals surface area (Å²) in [6, 6.07) is 10.2. The number of amides is 1. The molecule has 0 spiro atoms. The molecule has 122 valence electrons. The summed E-state index contributed by atoms with van der Waals surface area (Å²) in [5.41, 5.74) is 3.60. The number of fused-ring (bicyclic) bond motifs is 1. The highest BCUT2D eigenvalue weighted by Gasteiger charge is 2.20. The van der Waals surface area contributed by atoms with Crippen LogP contribution in [0, 0.1) is 5.92 Å². The van der Waals surface area contributed by atoms with Gasteiger partial charge in [-0.15, -0.1) is 11.3 Å². The lowest BCUT2D eigenvalue weighted by atomic mass is 9.90. The Labute approximate surface area is 141 Å². The van der Waals surface area contributed by atoms with Gasteiger partial charge in [0, 0.05) is 18.5 Å². The molecule has 1 aromatic heterocycles. The third-order valence-corrected chi connectivity index (χ3v) is 5.65. The fourth-order valence-corrected chi connectivity index (χ4v) is 4.23. The number of nitrogens with one attached hydrogen (secondary N) is 1. The Balaban J connectivity index is 1.66. The molecule has 1 amide bonds. The van der Waals surface area contributed by atoms with Crippen LogP contribution < -0.4 is 5.32 Å². The van der Waals surface area contributed by atoms with E-state index >= 15 is 0 Å². The van der Waals surface area contributed by atoms with E-state index in [0.717, 1.165) is 34.8 Å². The Kier molecular flexibility index (Phi) is 5.13. The molecule has 0 bridgehead atoms. The van der Waals surface area contributed by atoms with Crippen LogP contribution in [0.4, 0.5) is 0 Å². The first-order valence-corrected chi connectivity index (χ1v) is 8.94. The molecule has 0 aliphatic heterocycles. The van der Waals surface area contributed by atoms with E-state index in [-0.39, 0.29) is 5.91 Å². The molecule has 0 saturated carbocycles. The first-order chi connectivity index (χ1) is 11.2. The monoisotopic (exact) mass is 329 g/mol. The van der Waals surface area contributed by atoms with Crippen LogP contribution >= 0.6 is 11.3 Å². The van der Waals surface area contributed by atoms with E-state index in [1.54, 1.807) is 18.4 Å². The first-order valence-electron chi connectivity index (χ1n) is 8.13. The van der Waals surface area contributed by atoms with Crippen molar-refractivity contribution >= 4 is 17.2 Å². The van der Waals surface area contributed by atoms with Crippen LogP contribution in [-0.4, -0.2) is 13.0 Å². The van der Waals surface area contributed by atoms with Gasteiger partial charge in [0.1, 0.15) is 0 Å². The highest BCUT2D eigenvalue weighted by molar-refractivity contribution is 7.14. The molecule has 1 unspecified atom stereocenters. The minimum Gasteiger partial charge on any atom is -0.380 e. The number of hydrogen-bond acceptors (Lipinski definition) is 3. The maximum atomic E-state index is 12.5. The molecule has 1 aliphatic carbocycles. The van der Waals surface area contributed by atoms with Gasteiger partial charge in [-0.1, -0.05) is 31.2 Å². The van der Waals surface area contributed by atoms with Crippen molar-refractivity contribution in [2.45, 2.75) is 39.3 Å². The Bertz CT molecular complexity index is 692. The molecule has 0 fully saturated rings. The second kappa shape index (κ2) is 7.28. The Morgan fingerprint density at radius 2 is 2.13 bits per heavy atom. The quantitative estimate of drug-likeness (QED) is 0.902. The lowest BCUT2D eigenvalue weighted by Gasteiger charge is -2.16. The number of aryl methyl sites for hydroxylation is 1. The predicted molar refractivity (Wildman–Crippen MR) is 93.8 cm³/mol. The van der Waals surface area contributed by atoms with E-state index in [9.17, 15) is 4.79 Å². The molecule has 23 heavy (non-hydrogen) atoms. The largest absolute Gasteiger partial charge is 0.380 e. The Morgan fingerprint density at radius 1 is 1.35 bits per heavy atom. The lowest BCUT2D eigenvalue weighted by Crippen LogP contribution is -2.22. The number of ether oxygens (including phenoxy) is 1. The van der Waals surface area contributed by atoms with Gasteiger partial charge in [-0.3, -0.25) is 4.79 Å². The minimum absolute atomic E-state index is 0.0317. The molecule has 1 atom stereocenters. The Hall–Kier alpha value is -1.65. The third kappa shape index (κ3) is 3.82. The summed E-state index contributed by atoms with van der Waals surface area (Å²) in [6.07, 6.45) is 3.46. The van der Waals surface area contributed by atoms with Gasteiger partial charge >= 0.3 is 0 Å². The summed E-state index contributed by atoms with van der Waals surface area (Å²) in [6.45, 7) is 3.39. The van der Waals surface area contributed by atoms with Crippen molar-refractivity contribution in [1.82, 2.24) is 5.32 Å². The number of benzene rings is 1. The maximum Gasteiger partial charge on any atom is 0.261 e. The van der Waals surface area contributed by atoms with Crippen molar-refractivity contribution in [2.75, 3.05) is 7.11 Å². The smallest absolute Gasteiger partial charge is 0.261 e. The second-order valence-corrected chi connectivity index (χ2v) is 7.43. The molecule has 0 saturated heterocycles. The van der Waals surface area contributed by atoms with Gasteiger partial charge in [-0.25, -0.2) is 0 Å². The molecule has 3 rings (SSSR count). The summed E-state index contributed by atoms with van der Waals surface area (Å²) in [5.74, 6) is 0.762. The van der Waals surface area contributed by atoms with Gasteiger partial charge in [0.05, 0.1) is 11.5 Å². The van der Waals surface area contributed by atoms with Gasteiger partial charge < -0.3 is 10.1 Å². The number of carbonyl (C=O) groups excluding carboxylic acids is 1. The fourth-order valence-electron chi connectivity index (χ4n) is 3.11. The van der Waals surface area contributed by atoms with E-state index in [4.69, 9.17) is 4.74 Å². The second-order valence-electron chi connectivity index (χ2n) is 6.29. The van der Waals surface area contributed by atoms with Crippen LogP contribution in [0.5, 0.6) is 0 Å². The van der Waals surface area contributed by atoms with Gasteiger partial charge in [0.2, 0.25) is 0 Å². The molecule has 1 N–H and O–H groups in total.